The smallest absolute Gasteiger partial charge is 0.313 e. The number of likely N-dealkylation sites (N-methyl/N-ethyl adjacent to an activating group) is 1. The molecule has 2 amide bonds. The maximum Gasteiger partial charge on any atom is 0.313 e. The van der Waals surface area contributed by atoms with Crippen molar-refractivity contribution in [1.82, 2.24) is 14.7 Å². The number of hydrogen-bond donors (Lipinski definition) is 1. The molecule has 3 aromatic rings. The summed E-state index contributed by atoms with van der Waals surface area (Å²) in [5.41, 5.74) is 2.09. The molecule has 1 heterocycles. The molecule has 3 rings (SSSR count). The lowest BCUT2D eigenvalue weighted by molar-refractivity contribution is -0.142. The summed E-state index contributed by atoms with van der Waals surface area (Å²) >= 11 is 0. The number of benzene rings is 2. The molecule has 0 unspecified atom stereocenters. The second kappa shape index (κ2) is 7.57. The van der Waals surface area contributed by atoms with E-state index >= 15 is 0 Å². The number of aromatic nitrogens is 2. The minimum Gasteiger partial charge on any atom is -0.333 e. The average molecular weight is 368 g/mol. The summed E-state index contributed by atoms with van der Waals surface area (Å²) in [6.45, 7) is 4.28. The van der Waals surface area contributed by atoms with Crippen LogP contribution in [-0.4, -0.2) is 33.5 Å². The van der Waals surface area contributed by atoms with Crippen molar-refractivity contribution in [3.05, 3.63) is 60.0 Å². The molecule has 0 spiro atoms. The van der Waals surface area contributed by atoms with E-state index in [1.54, 1.807) is 30.3 Å². The van der Waals surface area contributed by atoms with Gasteiger partial charge in [-0.25, -0.2) is 4.39 Å². The largest absolute Gasteiger partial charge is 0.333 e. The number of anilines is 1. The summed E-state index contributed by atoms with van der Waals surface area (Å²) in [6, 6.07) is 11.3. The van der Waals surface area contributed by atoms with Crippen molar-refractivity contribution >= 4 is 28.4 Å². The van der Waals surface area contributed by atoms with Gasteiger partial charge < -0.3 is 10.2 Å². The summed E-state index contributed by atoms with van der Waals surface area (Å²) in [5.74, 6) is -1.74. The third-order valence-electron chi connectivity index (χ3n) is 4.18. The Morgan fingerprint density at radius 1 is 1.19 bits per heavy atom. The minimum atomic E-state index is -0.727. The predicted molar refractivity (Wildman–Crippen MR) is 102 cm³/mol. The van der Waals surface area contributed by atoms with E-state index < -0.39 is 11.8 Å². The molecule has 0 atom stereocenters. The number of rotatable bonds is 4. The van der Waals surface area contributed by atoms with Crippen molar-refractivity contribution in [2.75, 3.05) is 12.4 Å². The van der Waals surface area contributed by atoms with Crippen LogP contribution in [0, 0.1) is 5.82 Å². The number of carbonyl (C=O) groups excluding carboxylic acids is 2. The Balaban J connectivity index is 1.67. The zero-order chi connectivity index (χ0) is 19.6. The van der Waals surface area contributed by atoms with Gasteiger partial charge in [-0.05, 0) is 49.7 Å². The fourth-order valence-corrected chi connectivity index (χ4v) is 2.68. The molecule has 27 heavy (non-hydrogen) atoms. The van der Waals surface area contributed by atoms with Crippen LogP contribution >= 0.6 is 0 Å². The van der Waals surface area contributed by atoms with Crippen LogP contribution in [0.1, 0.15) is 25.5 Å². The first-order valence-corrected chi connectivity index (χ1v) is 8.63. The lowest BCUT2D eigenvalue weighted by Gasteiger charge is -2.16. The normalized spacial score (nSPS) is 11.0. The summed E-state index contributed by atoms with van der Waals surface area (Å²) < 4.78 is 14.8. The Kier molecular flexibility index (Phi) is 5.21. The van der Waals surface area contributed by atoms with Crippen LogP contribution in [0.3, 0.4) is 0 Å². The number of carbonyl (C=O) groups is 2. The van der Waals surface area contributed by atoms with Crippen LogP contribution in [0.15, 0.2) is 48.7 Å². The molecular weight excluding hydrogens is 347 g/mol. The van der Waals surface area contributed by atoms with Gasteiger partial charge in [-0.3, -0.25) is 14.3 Å². The summed E-state index contributed by atoms with van der Waals surface area (Å²) in [5, 5.41) is 7.95. The van der Waals surface area contributed by atoms with Crippen molar-refractivity contribution in [3.63, 3.8) is 0 Å². The first kappa shape index (κ1) is 18.6. The van der Waals surface area contributed by atoms with Crippen molar-refractivity contribution in [1.29, 1.82) is 0 Å². The van der Waals surface area contributed by atoms with E-state index in [0.717, 1.165) is 16.5 Å². The highest BCUT2D eigenvalue weighted by molar-refractivity contribution is 6.39. The number of hydrogen-bond acceptors (Lipinski definition) is 3. The Morgan fingerprint density at radius 2 is 1.89 bits per heavy atom. The molecule has 140 valence electrons. The van der Waals surface area contributed by atoms with Crippen LogP contribution in [0.5, 0.6) is 0 Å². The first-order valence-electron chi connectivity index (χ1n) is 8.63. The molecule has 6 nitrogen and oxygen atoms in total. The highest BCUT2D eigenvalue weighted by Gasteiger charge is 2.19. The van der Waals surface area contributed by atoms with Crippen LogP contribution in [0.4, 0.5) is 10.1 Å². The van der Waals surface area contributed by atoms with E-state index in [2.05, 4.69) is 10.4 Å². The fourth-order valence-electron chi connectivity index (χ4n) is 2.68. The lowest BCUT2D eigenvalue weighted by atomic mass is 10.2. The van der Waals surface area contributed by atoms with Gasteiger partial charge in [0.05, 0.1) is 5.52 Å². The van der Waals surface area contributed by atoms with Crippen molar-refractivity contribution in [3.8, 4) is 0 Å². The van der Waals surface area contributed by atoms with Gasteiger partial charge in [-0.1, -0.05) is 12.1 Å². The van der Waals surface area contributed by atoms with Gasteiger partial charge >= 0.3 is 11.8 Å². The summed E-state index contributed by atoms with van der Waals surface area (Å²) in [4.78, 5) is 25.9. The van der Waals surface area contributed by atoms with Gasteiger partial charge in [-0.15, -0.1) is 0 Å². The predicted octanol–water partition coefficient (Wildman–Crippen LogP) is 3.35. The molecule has 0 aliphatic carbocycles. The van der Waals surface area contributed by atoms with Gasteiger partial charge in [0.25, 0.3) is 0 Å². The molecule has 0 saturated heterocycles. The van der Waals surface area contributed by atoms with E-state index in [1.807, 2.05) is 24.7 Å². The third kappa shape index (κ3) is 4.31. The monoisotopic (exact) mass is 368 g/mol. The Bertz CT molecular complexity index is 979. The topological polar surface area (TPSA) is 67.2 Å². The highest BCUT2D eigenvalue weighted by Crippen LogP contribution is 2.20. The summed E-state index contributed by atoms with van der Waals surface area (Å²) in [7, 11) is 1.53. The van der Waals surface area contributed by atoms with Crippen LogP contribution in [-0.2, 0) is 16.1 Å². The third-order valence-corrected chi connectivity index (χ3v) is 4.18. The fraction of sp³-hybridized carbons (Fsp3) is 0.250. The van der Waals surface area contributed by atoms with Crippen molar-refractivity contribution in [2.45, 2.75) is 26.4 Å². The van der Waals surface area contributed by atoms with E-state index in [1.165, 1.54) is 24.1 Å². The molecule has 1 N–H and O–H groups in total. The van der Waals surface area contributed by atoms with Crippen LogP contribution in [0.2, 0.25) is 0 Å². The Morgan fingerprint density at radius 3 is 2.56 bits per heavy atom. The molecule has 1 aromatic heterocycles. The van der Waals surface area contributed by atoms with Crippen LogP contribution < -0.4 is 5.32 Å². The molecule has 0 aliphatic rings. The first-order chi connectivity index (χ1) is 12.8. The Hall–Kier alpha value is -3.22. The van der Waals surface area contributed by atoms with E-state index in [0.29, 0.717) is 5.69 Å². The average Bonchev–Trinajstić information content (AvgIpc) is 3.06. The zero-order valence-electron chi connectivity index (χ0n) is 15.4. The minimum absolute atomic E-state index is 0.215. The lowest BCUT2D eigenvalue weighted by Crippen LogP contribution is -2.36. The number of halogens is 1. The van der Waals surface area contributed by atoms with Crippen LogP contribution in [0.25, 0.3) is 10.9 Å². The van der Waals surface area contributed by atoms with Gasteiger partial charge in [0.2, 0.25) is 0 Å². The molecular formula is C20H21FN4O2. The summed E-state index contributed by atoms with van der Waals surface area (Å²) in [6.07, 6.45) is 1.90. The number of amides is 2. The van der Waals surface area contributed by atoms with Gasteiger partial charge in [0.1, 0.15) is 5.82 Å². The zero-order valence-corrected chi connectivity index (χ0v) is 15.4. The SMILES string of the molecule is CC(C)n1cc2cc(NC(=O)C(=O)N(C)Cc3ccc(F)cc3)ccc2n1. The molecule has 0 bridgehead atoms. The molecule has 7 heteroatoms. The second-order valence-electron chi connectivity index (χ2n) is 6.72. The standard InChI is InChI=1S/C20H21FN4O2/c1-13(2)25-12-15-10-17(8-9-18(15)23-25)22-19(26)20(27)24(3)11-14-4-6-16(21)7-5-14/h4-10,12-13H,11H2,1-3H3,(H,22,26). The number of nitrogens with zero attached hydrogens (tertiary/aromatic N) is 3. The molecule has 0 radical (unpaired) electrons. The van der Waals surface area contributed by atoms with Crippen molar-refractivity contribution < 1.29 is 14.0 Å². The second-order valence-corrected chi connectivity index (χ2v) is 6.72. The molecule has 0 fully saturated rings. The maximum atomic E-state index is 13.0. The molecule has 0 saturated carbocycles. The van der Waals surface area contributed by atoms with E-state index in [4.69, 9.17) is 0 Å². The van der Waals surface area contributed by atoms with E-state index in [9.17, 15) is 14.0 Å². The number of fused-ring (bicyclic) bond motifs is 1. The Labute approximate surface area is 156 Å². The number of nitrogens with one attached hydrogen (secondary N) is 1. The van der Waals surface area contributed by atoms with Gasteiger partial charge in [0, 0.05) is 36.9 Å². The molecule has 2 aromatic carbocycles. The quantitative estimate of drug-likeness (QED) is 0.718. The van der Waals surface area contributed by atoms with Crippen molar-refractivity contribution in [2.24, 2.45) is 0 Å². The van der Waals surface area contributed by atoms with Gasteiger partial charge in [-0.2, -0.15) is 5.10 Å². The highest BCUT2D eigenvalue weighted by atomic mass is 19.1. The van der Waals surface area contributed by atoms with E-state index in [-0.39, 0.29) is 18.4 Å². The maximum absolute atomic E-state index is 13.0. The molecule has 0 aliphatic heterocycles. The van der Waals surface area contributed by atoms with Gasteiger partial charge in [0.15, 0.2) is 0 Å².